The SMILES string of the molecule is CC(Sc1nc2sc3c(c2c(=O)n1C)CCC3)C(=O)N(C)C1CCCCC1. The van der Waals surface area contributed by atoms with Crippen molar-refractivity contribution in [2.75, 3.05) is 7.05 Å². The van der Waals surface area contributed by atoms with Gasteiger partial charge in [-0.25, -0.2) is 4.98 Å². The summed E-state index contributed by atoms with van der Waals surface area (Å²) in [5.41, 5.74) is 1.24. The zero-order chi connectivity index (χ0) is 19.1. The summed E-state index contributed by atoms with van der Waals surface area (Å²) in [5, 5.41) is 1.20. The van der Waals surface area contributed by atoms with E-state index in [9.17, 15) is 9.59 Å². The van der Waals surface area contributed by atoms with Gasteiger partial charge in [-0.1, -0.05) is 31.0 Å². The zero-order valence-electron chi connectivity index (χ0n) is 16.3. The molecule has 1 unspecified atom stereocenters. The first-order valence-electron chi connectivity index (χ1n) is 9.92. The average Bonchev–Trinajstić information content (AvgIpc) is 3.26. The van der Waals surface area contributed by atoms with E-state index >= 15 is 0 Å². The summed E-state index contributed by atoms with van der Waals surface area (Å²) in [6.45, 7) is 1.93. The lowest BCUT2D eigenvalue weighted by atomic mass is 9.94. The number of rotatable bonds is 4. The maximum Gasteiger partial charge on any atom is 0.262 e. The molecule has 0 saturated heterocycles. The van der Waals surface area contributed by atoms with Crippen LogP contribution in [0.3, 0.4) is 0 Å². The van der Waals surface area contributed by atoms with Crippen molar-refractivity contribution < 1.29 is 4.79 Å². The molecule has 1 saturated carbocycles. The Morgan fingerprint density at radius 2 is 2.00 bits per heavy atom. The number of carbonyl (C=O) groups is 1. The number of thioether (sulfide) groups is 1. The largest absolute Gasteiger partial charge is 0.342 e. The fourth-order valence-corrected chi connectivity index (χ4v) is 6.63. The third-order valence-corrected chi connectivity index (χ3v) is 8.32. The molecule has 5 nitrogen and oxygen atoms in total. The van der Waals surface area contributed by atoms with Crippen molar-refractivity contribution in [1.82, 2.24) is 14.5 Å². The van der Waals surface area contributed by atoms with Crippen molar-refractivity contribution in [3.05, 3.63) is 20.8 Å². The fraction of sp³-hybridized carbons (Fsp3) is 0.650. The number of nitrogens with zero attached hydrogens (tertiary/aromatic N) is 3. The van der Waals surface area contributed by atoms with Crippen LogP contribution in [0.1, 0.15) is 55.9 Å². The van der Waals surface area contributed by atoms with E-state index in [1.807, 2.05) is 18.9 Å². The van der Waals surface area contributed by atoms with Crippen LogP contribution >= 0.6 is 23.1 Å². The topological polar surface area (TPSA) is 55.2 Å². The fourth-order valence-electron chi connectivity index (χ4n) is 4.35. The Bertz CT molecular complexity index is 927. The second kappa shape index (κ2) is 7.59. The van der Waals surface area contributed by atoms with Gasteiger partial charge < -0.3 is 4.90 Å². The molecule has 27 heavy (non-hydrogen) atoms. The van der Waals surface area contributed by atoms with E-state index in [4.69, 9.17) is 4.98 Å². The lowest BCUT2D eigenvalue weighted by Gasteiger charge is -2.32. The third kappa shape index (κ3) is 3.44. The molecule has 146 valence electrons. The van der Waals surface area contributed by atoms with Crippen LogP contribution in [0.2, 0.25) is 0 Å². The zero-order valence-corrected chi connectivity index (χ0v) is 17.9. The molecule has 1 fully saturated rings. The van der Waals surface area contributed by atoms with Crippen LogP contribution in [0.5, 0.6) is 0 Å². The Morgan fingerprint density at radius 1 is 1.26 bits per heavy atom. The van der Waals surface area contributed by atoms with Crippen molar-refractivity contribution in [1.29, 1.82) is 0 Å². The van der Waals surface area contributed by atoms with Crippen LogP contribution in [-0.4, -0.2) is 38.7 Å². The highest BCUT2D eigenvalue weighted by Crippen LogP contribution is 2.36. The first kappa shape index (κ1) is 19.0. The molecule has 2 heterocycles. The number of aryl methyl sites for hydroxylation is 2. The van der Waals surface area contributed by atoms with E-state index < -0.39 is 0 Å². The normalized spacial score (nSPS) is 18.6. The summed E-state index contributed by atoms with van der Waals surface area (Å²) < 4.78 is 1.63. The molecule has 0 aromatic carbocycles. The van der Waals surface area contributed by atoms with Crippen molar-refractivity contribution in [3.8, 4) is 0 Å². The summed E-state index contributed by atoms with van der Waals surface area (Å²) in [6.07, 6.45) is 9.07. The molecule has 7 heteroatoms. The van der Waals surface area contributed by atoms with Gasteiger partial charge in [0.2, 0.25) is 5.91 Å². The van der Waals surface area contributed by atoms with Gasteiger partial charge in [-0.2, -0.15) is 0 Å². The molecule has 0 N–H and O–H groups in total. The van der Waals surface area contributed by atoms with Crippen LogP contribution in [0.4, 0.5) is 0 Å². The first-order valence-corrected chi connectivity index (χ1v) is 11.6. The highest BCUT2D eigenvalue weighted by atomic mass is 32.2. The van der Waals surface area contributed by atoms with Gasteiger partial charge in [0.25, 0.3) is 5.56 Å². The number of thiophene rings is 1. The minimum atomic E-state index is -0.251. The molecular weight excluding hydrogens is 378 g/mol. The Hall–Kier alpha value is -1.34. The van der Waals surface area contributed by atoms with Gasteiger partial charge in [0.05, 0.1) is 10.6 Å². The minimum absolute atomic E-state index is 0.0298. The van der Waals surface area contributed by atoms with Crippen LogP contribution in [0.15, 0.2) is 9.95 Å². The van der Waals surface area contributed by atoms with Gasteiger partial charge in [-0.3, -0.25) is 14.2 Å². The maximum absolute atomic E-state index is 12.9. The summed E-state index contributed by atoms with van der Waals surface area (Å²) in [7, 11) is 3.70. The summed E-state index contributed by atoms with van der Waals surface area (Å²) in [4.78, 5) is 34.7. The summed E-state index contributed by atoms with van der Waals surface area (Å²) in [6, 6.07) is 0.355. The van der Waals surface area contributed by atoms with E-state index in [-0.39, 0.29) is 16.7 Å². The Balaban J connectivity index is 1.56. The average molecular weight is 406 g/mol. The molecule has 2 aliphatic carbocycles. The Kier molecular flexibility index (Phi) is 5.34. The van der Waals surface area contributed by atoms with Crippen molar-refractivity contribution >= 4 is 39.2 Å². The molecule has 0 bridgehead atoms. The number of carbonyl (C=O) groups excluding carboxylic acids is 1. The molecule has 4 rings (SSSR count). The maximum atomic E-state index is 12.9. The van der Waals surface area contributed by atoms with Crippen molar-refractivity contribution in [3.63, 3.8) is 0 Å². The van der Waals surface area contributed by atoms with E-state index in [1.165, 1.54) is 41.5 Å². The molecule has 1 amide bonds. The lowest BCUT2D eigenvalue weighted by molar-refractivity contribution is -0.131. The quantitative estimate of drug-likeness (QED) is 0.574. The van der Waals surface area contributed by atoms with E-state index in [0.29, 0.717) is 11.2 Å². The number of hydrogen-bond donors (Lipinski definition) is 0. The third-order valence-electron chi connectivity index (χ3n) is 6.01. The lowest BCUT2D eigenvalue weighted by Crippen LogP contribution is -2.42. The molecule has 2 aromatic heterocycles. The van der Waals surface area contributed by atoms with Gasteiger partial charge in [0.15, 0.2) is 5.16 Å². The molecular formula is C20H27N3O2S2. The first-order chi connectivity index (χ1) is 13.0. The predicted molar refractivity (Wildman–Crippen MR) is 112 cm³/mol. The number of aromatic nitrogens is 2. The summed E-state index contributed by atoms with van der Waals surface area (Å²) in [5.74, 6) is 0.134. The second-order valence-corrected chi connectivity index (χ2v) is 10.2. The van der Waals surface area contributed by atoms with Gasteiger partial charge in [-0.15, -0.1) is 11.3 Å². The molecule has 2 aromatic rings. The van der Waals surface area contributed by atoms with Gasteiger partial charge in [0, 0.05) is 25.0 Å². The highest BCUT2D eigenvalue weighted by molar-refractivity contribution is 8.00. The van der Waals surface area contributed by atoms with Gasteiger partial charge in [-0.05, 0) is 44.6 Å². The molecule has 1 atom stereocenters. The van der Waals surface area contributed by atoms with Crippen LogP contribution in [-0.2, 0) is 24.7 Å². The van der Waals surface area contributed by atoms with E-state index in [2.05, 4.69) is 0 Å². The Morgan fingerprint density at radius 3 is 2.74 bits per heavy atom. The van der Waals surface area contributed by atoms with Gasteiger partial charge in [0.1, 0.15) is 4.83 Å². The predicted octanol–water partition coefficient (Wildman–Crippen LogP) is 3.76. The van der Waals surface area contributed by atoms with Crippen molar-refractivity contribution in [2.24, 2.45) is 7.05 Å². The smallest absolute Gasteiger partial charge is 0.262 e. The van der Waals surface area contributed by atoms with E-state index in [1.54, 1.807) is 23.0 Å². The minimum Gasteiger partial charge on any atom is -0.342 e. The standard InChI is InChI=1S/C20H27N3O2S2/c1-12(18(24)22(2)13-8-5-4-6-9-13)26-20-21-17-16(19(25)23(20)3)14-10-7-11-15(14)27-17/h12-13H,4-11H2,1-3H3. The number of fused-ring (bicyclic) bond motifs is 3. The van der Waals surface area contributed by atoms with Crippen LogP contribution in [0.25, 0.3) is 10.2 Å². The van der Waals surface area contributed by atoms with Crippen LogP contribution < -0.4 is 5.56 Å². The monoisotopic (exact) mass is 405 g/mol. The molecule has 0 aliphatic heterocycles. The molecule has 2 aliphatic rings. The Labute approximate surface area is 168 Å². The molecule has 0 spiro atoms. The summed E-state index contributed by atoms with van der Waals surface area (Å²) >= 11 is 3.06. The van der Waals surface area contributed by atoms with Crippen molar-refractivity contribution in [2.45, 2.75) is 74.7 Å². The van der Waals surface area contributed by atoms with E-state index in [0.717, 1.165) is 42.3 Å². The van der Waals surface area contributed by atoms with Crippen LogP contribution in [0, 0.1) is 0 Å². The van der Waals surface area contributed by atoms with Gasteiger partial charge >= 0.3 is 0 Å². The number of amides is 1. The molecule has 0 radical (unpaired) electrons. The second-order valence-electron chi connectivity index (χ2n) is 7.80. The number of hydrogen-bond acceptors (Lipinski definition) is 5. The highest BCUT2D eigenvalue weighted by Gasteiger charge is 2.28.